The summed E-state index contributed by atoms with van der Waals surface area (Å²) in [6.07, 6.45) is 1.72. The Balaban J connectivity index is 1.64. The number of amides is 1. The molecule has 3 aromatic carbocycles. The predicted molar refractivity (Wildman–Crippen MR) is 145 cm³/mol. The molecule has 0 bridgehead atoms. The number of carbonyl (C=O) groups is 2. The number of halogens is 1. The normalized spacial score (nSPS) is 16.4. The van der Waals surface area contributed by atoms with Gasteiger partial charge >= 0.3 is 5.97 Å². The molecule has 0 radical (unpaired) electrons. The van der Waals surface area contributed by atoms with Crippen LogP contribution in [0.2, 0.25) is 0 Å². The molecule has 1 heterocycles. The molecule has 0 aromatic heterocycles. The van der Waals surface area contributed by atoms with E-state index in [0.717, 1.165) is 23.4 Å². The largest absolute Gasteiger partial charge is 0.460 e. The van der Waals surface area contributed by atoms with Gasteiger partial charge in [-0.1, -0.05) is 43.7 Å². The van der Waals surface area contributed by atoms with Crippen molar-refractivity contribution in [3.63, 3.8) is 0 Å². The number of ether oxygens (including phenoxy) is 1. The van der Waals surface area contributed by atoms with Crippen molar-refractivity contribution >= 4 is 28.9 Å². The highest BCUT2D eigenvalue weighted by Crippen LogP contribution is 2.41. The quantitative estimate of drug-likeness (QED) is 0.333. The topological polar surface area (TPSA) is 70.7 Å². The molecule has 1 aliphatic rings. The summed E-state index contributed by atoms with van der Waals surface area (Å²) in [6, 6.07) is 20.9. The Bertz CT molecular complexity index is 1260. The second-order valence-corrected chi connectivity index (χ2v) is 10.5. The van der Waals surface area contributed by atoms with E-state index in [-0.39, 0.29) is 30.7 Å². The maximum Gasteiger partial charge on any atom is 0.310 e. The number of benzene rings is 3. The molecule has 3 aromatic rings. The Hall–Kier alpha value is -3.87. The number of rotatable bonds is 8. The second kappa shape index (κ2) is 10.6. The van der Waals surface area contributed by atoms with Crippen LogP contribution in [0.1, 0.15) is 62.9 Å². The number of hydrogen-bond acceptors (Lipinski definition) is 5. The van der Waals surface area contributed by atoms with Crippen molar-refractivity contribution in [3.05, 3.63) is 89.7 Å². The number of anilines is 3. The van der Waals surface area contributed by atoms with Crippen LogP contribution in [0.5, 0.6) is 0 Å². The Kier molecular flexibility index (Phi) is 7.52. The number of fused-ring (bicyclic) bond motifs is 1. The lowest BCUT2D eigenvalue weighted by atomic mass is 10.0. The van der Waals surface area contributed by atoms with Crippen molar-refractivity contribution in [3.8, 4) is 0 Å². The van der Waals surface area contributed by atoms with Crippen molar-refractivity contribution in [1.82, 2.24) is 0 Å². The van der Waals surface area contributed by atoms with Gasteiger partial charge in [0.15, 0.2) is 0 Å². The zero-order valence-corrected chi connectivity index (χ0v) is 21.8. The van der Waals surface area contributed by atoms with Crippen molar-refractivity contribution in [2.24, 2.45) is 0 Å². The molecule has 0 spiro atoms. The van der Waals surface area contributed by atoms with E-state index < -0.39 is 11.3 Å². The molecular formula is C30H34FN3O3. The summed E-state index contributed by atoms with van der Waals surface area (Å²) in [4.78, 5) is 28.0. The van der Waals surface area contributed by atoms with Crippen LogP contribution in [0.4, 0.5) is 21.5 Å². The van der Waals surface area contributed by atoms with E-state index in [4.69, 9.17) is 4.74 Å². The van der Waals surface area contributed by atoms with E-state index in [2.05, 4.69) is 17.6 Å². The first-order valence-corrected chi connectivity index (χ1v) is 12.6. The molecule has 0 saturated carbocycles. The summed E-state index contributed by atoms with van der Waals surface area (Å²) >= 11 is 0. The molecule has 1 aliphatic heterocycles. The first kappa shape index (κ1) is 26.2. The Labute approximate surface area is 217 Å². The average Bonchev–Trinajstić information content (AvgIpc) is 3.19. The fourth-order valence-electron chi connectivity index (χ4n) is 4.60. The van der Waals surface area contributed by atoms with Crippen LogP contribution >= 0.6 is 0 Å². The standard InChI is InChI=1S/C30H34FN3O3/c1-5-17-30(19-27(35)37-29(2,3)4)32-25-16-15-24(18-26(25)33-30)34(20-21-11-13-23(31)14-12-21)28(36)22-9-7-6-8-10-22/h6-16,18,32-33H,5,17,19-20H2,1-4H3. The number of hydrogen-bond donors (Lipinski definition) is 2. The second-order valence-electron chi connectivity index (χ2n) is 10.5. The van der Waals surface area contributed by atoms with Crippen molar-refractivity contribution in [2.45, 2.75) is 64.8 Å². The molecule has 0 saturated heterocycles. The molecule has 7 heteroatoms. The minimum atomic E-state index is -0.677. The van der Waals surface area contributed by atoms with E-state index in [1.54, 1.807) is 29.2 Å². The molecule has 6 nitrogen and oxygen atoms in total. The van der Waals surface area contributed by atoms with Crippen LogP contribution in [-0.4, -0.2) is 23.1 Å². The minimum Gasteiger partial charge on any atom is -0.460 e. The van der Waals surface area contributed by atoms with Crippen molar-refractivity contribution in [1.29, 1.82) is 0 Å². The lowest BCUT2D eigenvalue weighted by Crippen LogP contribution is -2.45. The average molecular weight is 504 g/mol. The monoisotopic (exact) mass is 503 g/mol. The van der Waals surface area contributed by atoms with Gasteiger partial charge in [-0.05, 0) is 75.2 Å². The fraction of sp³-hybridized carbons (Fsp3) is 0.333. The predicted octanol–water partition coefficient (Wildman–Crippen LogP) is 6.74. The van der Waals surface area contributed by atoms with Crippen molar-refractivity contribution < 1.29 is 18.7 Å². The van der Waals surface area contributed by atoms with E-state index in [9.17, 15) is 14.0 Å². The third-order valence-electron chi connectivity index (χ3n) is 6.13. The van der Waals surface area contributed by atoms with Crippen LogP contribution in [0, 0.1) is 5.82 Å². The molecule has 37 heavy (non-hydrogen) atoms. The number of nitrogens with one attached hydrogen (secondary N) is 2. The zero-order valence-electron chi connectivity index (χ0n) is 21.8. The summed E-state index contributed by atoms with van der Waals surface area (Å²) < 4.78 is 19.1. The molecule has 1 amide bonds. The molecule has 1 atom stereocenters. The summed E-state index contributed by atoms with van der Waals surface area (Å²) in [6.45, 7) is 7.91. The van der Waals surface area contributed by atoms with E-state index in [0.29, 0.717) is 17.7 Å². The molecule has 0 aliphatic carbocycles. The Morgan fingerprint density at radius 3 is 2.27 bits per heavy atom. The van der Waals surface area contributed by atoms with Crippen LogP contribution in [0.15, 0.2) is 72.8 Å². The van der Waals surface area contributed by atoms with Gasteiger partial charge in [0.1, 0.15) is 17.1 Å². The highest BCUT2D eigenvalue weighted by molar-refractivity contribution is 6.06. The maximum atomic E-state index is 13.6. The van der Waals surface area contributed by atoms with Crippen LogP contribution in [0.3, 0.4) is 0 Å². The van der Waals surface area contributed by atoms with E-state index >= 15 is 0 Å². The van der Waals surface area contributed by atoms with Gasteiger partial charge in [0.25, 0.3) is 5.91 Å². The third kappa shape index (κ3) is 6.47. The number of carbonyl (C=O) groups excluding carboxylic acids is 2. The van der Waals surface area contributed by atoms with Gasteiger partial charge in [-0.3, -0.25) is 9.59 Å². The Morgan fingerprint density at radius 2 is 1.62 bits per heavy atom. The Morgan fingerprint density at radius 1 is 0.946 bits per heavy atom. The first-order chi connectivity index (χ1) is 17.6. The van der Waals surface area contributed by atoms with Crippen molar-refractivity contribution in [2.75, 3.05) is 15.5 Å². The van der Waals surface area contributed by atoms with Crippen LogP contribution < -0.4 is 15.5 Å². The number of esters is 1. The van der Waals surface area contributed by atoms with Crippen LogP contribution in [0.25, 0.3) is 0 Å². The third-order valence-corrected chi connectivity index (χ3v) is 6.13. The first-order valence-electron chi connectivity index (χ1n) is 12.6. The zero-order chi connectivity index (χ0) is 26.6. The van der Waals surface area contributed by atoms with Gasteiger partial charge in [0, 0.05) is 11.3 Å². The maximum absolute atomic E-state index is 13.6. The van der Waals surface area contributed by atoms with E-state index in [1.165, 1.54) is 12.1 Å². The van der Waals surface area contributed by atoms with E-state index in [1.807, 2.05) is 57.2 Å². The van der Waals surface area contributed by atoms with Gasteiger partial charge in [0.2, 0.25) is 0 Å². The molecule has 1 unspecified atom stereocenters. The lowest BCUT2D eigenvalue weighted by Gasteiger charge is -2.31. The van der Waals surface area contributed by atoms with Gasteiger partial charge in [0.05, 0.1) is 24.3 Å². The molecule has 2 N–H and O–H groups in total. The summed E-state index contributed by atoms with van der Waals surface area (Å²) in [5.74, 6) is -0.773. The van der Waals surface area contributed by atoms with Gasteiger partial charge in [-0.25, -0.2) is 4.39 Å². The van der Waals surface area contributed by atoms with Gasteiger partial charge < -0.3 is 20.3 Å². The van der Waals surface area contributed by atoms with Crippen LogP contribution in [-0.2, 0) is 16.1 Å². The SMILES string of the molecule is CCCC1(CC(=O)OC(C)(C)C)Nc2ccc(N(Cc3ccc(F)cc3)C(=O)c3ccccc3)cc2N1. The number of nitrogens with zero attached hydrogens (tertiary/aromatic N) is 1. The molecule has 194 valence electrons. The highest BCUT2D eigenvalue weighted by Gasteiger charge is 2.39. The smallest absolute Gasteiger partial charge is 0.310 e. The van der Waals surface area contributed by atoms with Gasteiger partial charge in [-0.15, -0.1) is 0 Å². The molecule has 0 fully saturated rings. The molecular weight excluding hydrogens is 469 g/mol. The van der Waals surface area contributed by atoms with Gasteiger partial charge in [-0.2, -0.15) is 0 Å². The highest BCUT2D eigenvalue weighted by atomic mass is 19.1. The summed E-state index contributed by atoms with van der Waals surface area (Å²) in [5.41, 5.74) is 2.47. The summed E-state index contributed by atoms with van der Waals surface area (Å²) in [5, 5.41) is 7.00. The lowest BCUT2D eigenvalue weighted by molar-refractivity contribution is -0.155. The summed E-state index contributed by atoms with van der Waals surface area (Å²) in [7, 11) is 0. The fourth-order valence-corrected chi connectivity index (χ4v) is 4.60. The minimum absolute atomic E-state index is 0.157. The molecule has 4 rings (SSSR count).